The Morgan fingerprint density at radius 1 is 1.00 bits per heavy atom. The van der Waals surface area contributed by atoms with Gasteiger partial charge >= 0.3 is 11.9 Å². The van der Waals surface area contributed by atoms with Gasteiger partial charge in [-0.2, -0.15) is 0 Å². The molecule has 1 aromatic carbocycles. The molecule has 0 aromatic heterocycles. The summed E-state index contributed by atoms with van der Waals surface area (Å²) in [5, 5.41) is 0. The Labute approximate surface area is 264 Å². The lowest BCUT2D eigenvalue weighted by atomic mass is 9.43. The fourth-order valence-electron chi connectivity index (χ4n) is 10.9. The van der Waals surface area contributed by atoms with Crippen LogP contribution in [-0.4, -0.2) is 43.7 Å². The highest BCUT2D eigenvalue weighted by Gasteiger charge is 2.65. The third-order valence-corrected chi connectivity index (χ3v) is 13.2. The molecule has 1 saturated heterocycles. The molecule has 9 atom stereocenters. The van der Waals surface area contributed by atoms with E-state index in [0.29, 0.717) is 66.5 Å². The summed E-state index contributed by atoms with van der Waals surface area (Å²) in [5.41, 5.74) is 1.80. The van der Waals surface area contributed by atoms with Crippen molar-refractivity contribution in [1.82, 2.24) is 0 Å². The average Bonchev–Trinajstić information content (AvgIpc) is 3.62. The molecule has 1 aliphatic heterocycles. The molecule has 0 radical (unpaired) electrons. The highest BCUT2D eigenvalue weighted by molar-refractivity contribution is 5.89. The molecule has 6 nitrogen and oxygen atoms in total. The van der Waals surface area contributed by atoms with Gasteiger partial charge in [0.05, 0.1) is 25.4 Å². The number of carbonyl (C=O) groups is 2. The zero-order valence-electron chi connectivity index (χ0n) is 27.6. The van der Waals surface area contributed by atoms with Crippen LogP contribution in [0.5, 0.6) is 0 Å². The summed E-state index contributed by atoms with van der Waals surface area (Å²) in [6.45, 7) is 13.0. The summed E-state index contributed by atoms with van der Waals surface area (Å²) >= 11 is 0. The van der Waals surface area contributed by atoms with Crippen LogP contribution >= 0.6 is 0 Å². The SMILES string of the molecule is CCOC(=O)C(C)=CCC[C@@H](C)[C@H]1CCC2C3C(CC[C@@]21C)[C@@]1(C)CCC2(C[C@@H]1C[C@H]3OC(=O)c1ccccc1)OCCO2. The number of fused-ring (bicyclic) bond motifs is 5. The fourth-order valence-corrected chi connectivity index (χ4v) is 10.9. The zero-order chi connectivity index (χ0) is 31.1. The molecule has 0 amide bonds. The highest BCUT2D eigenvalue weighted by atomic mass is 16.7. The van der Waals surface area contributed by atoms with E-state index in [0.717, 1.165) is 38.5 Å². The minimum absolute atomic E-state index is 0.0869. The van der Waals surface area contributed by atoms with E-state index in [2.05, 4.69) is 26.8 Å². The maximum Gasteiger partial charge on any atom is 0.338 e. The number of benzene rings is 1. The van der Waals surface area contributed by atoms with Crippen molar-refractivity contribution in [2.24, 2.45) is 46.3 Å². The second kappa shape index (κ2) is 12.5. The lowest BCUT2D eigenvalue weighted by molar-refractivity contribution is -0.242. The monoisotopic (exact) mass is 606 g/mol. The average molecular weight is 607 g/mol. The first kappa shape index (κ1) is 31.8. The molecule has 242 valence electrons. The van der Waals surface area contributed by atoms with E-state index in [9.17, 15) is 9.59 Å². The van der Waals surface area contributed by atoms with Crippen molar-refractivity contribution in [2.45, 2.75) is 111 Å². The lowest BCUT2D eigenvalue weighted by Gasteiger charge is -2.63. The van der Waals surface area contributed by atoms with Gasteiger partial charge in [0.25, 0.3) is 0 Å². The zero-order valence-corrected chi connectivity index (χ0v) is 27.6. The first-order valence-corrected chi connectivity index (χ1v) is 17.5. The molecule has 1 heterocycles. The Morgan fingerprint density at radius 3 is 2.45 bits per heavy atom. The van der Waals surface area contributed by atoms with E-state index >= 15 is 0 Å². The van der Waals surface area contributed by atoms with Crippen molar-refractivity contribution in [3.63, 3.8) is 0 Å². The van der Waals surface area contributed by atoms with E-state index in [4.69, 9.17) is 18.9 Å². The van der Waals surface area contributed by atoms with Crippen LogP contribution in [0, 0.1) is 46.3 Å². The van der Waals surface area contributed by atoms with Gasteiger partial charge in [-0.3, -0.25) is 0 Å². The van der Waals surface area contributed by atoms with E-state index in [1.54, 1.807) is 0 Å². The second-order valence-corrected chi connectivity index (χ2v) is 15.2. The number of hydrogen-bond donors (Lipinski definition) is 0. The molecule has 0 bridgehead atoms. The van der Waals surface area contributed by atoms with Gasteiger partial charge in [-0.1, -0.05) is 45.0 Å². The van der Waals surface area contributed by atoms with Gasteiger partial charge in [0.1, 0.15) is 6.10 Å². The summed E-state index contributed by atoms with van der Waals surface area (Å²) in [4.78, 5) is 25.7. The summed E-state index contributed by atoms with van der Waals surface area (Å²) in [6, 6.07) is 9.53. The third kappa shape index (κ3) is 5.68. The van der Waals surface area contributed by atoms with Crippen molar-refractivity contribution in [3.05, 3.63) is 47.5 Å². The number of carbonyl (C=O) groups excluding carboxylic acids is 2. The molecule has 6 rings (SSSR count). The largest absolute Gasteiger partial charge is 0.463 e. The van der Waals surface area contributed by atoms with Crippen molar-refractivity contribution < 1.29 is 28.5 Å². The van der Waals surface area contributed by atoms with E-state index in [1.807, 2.05) is 44.2 Å². The molecule has 5 fully saturated rings. The standard InChI is InChI=1S/C38H54O6/c1-6-41-34(39)26(3)12-10-11-25(2)29-15-16-30-33-31(17-18-37(29,30)5)36(4)19-20-38(42-21-22-43-38)24-28(36)23-32(33)44-35(40)27-13-8-7-9-14-27/h7-9,12-14,25,28-33H,6,10-11,15-24H2,1-5H3/t25-,28+,29-,30?,31?,32-,33?,36+,37-/m1/s1. The fraction of sp³-hybridized carbons (Fsp3) is 0.737. The van der Waals surface area contributed by atoms with Crippen molar-refractivity contribution in [3.8, 4) is 0 Å². The van der Waals surface area contributed by atoms with Gasteiger partial charge in [0, 0.05) is 24.3 Å². The summed E-state index contributed by atoms with van der Waals surface area (Å²) in [5.74, 6) is 2.25. The first-order valence-electron chi connectivity index (χ1n) is 17.5. The first-order chi connectivity index (χ1) is 21.1. The molecule has 6 heteroatoms. The number of ether oxygens (including phenoxy) is 4. The van der Waals surface area contributed by atoms with Crippen LogP contribution < -0.4 is 0 Å². The van der Waals surface area contributed by atoms with Gasteiger partial charge in [0.15, 0.2) is 5.79 Å². The second-order valence-electron chi connectivity index (χ2n) is 15.2. The maximum absolute atomic E-state index is 13.6. The minimum atomic E-state index is -0.442. The van der Waals surface area contributed by atoms with Gasteiger partial charge in [-0.25, -0.2) is 9.59 Å². The Hall–Kier alpha value is -2.18. The molecular formula is C38H54O6. The Morgan fingerprint density at radius 2 is 1.73 bits per heavy atom. The molecule has 4 aliphatic carbocycles. The van der Waals surface area contributed by atoms with Crippen LogP contribution in [0.1, 0.15) is 109 Å². The number of allylic oxidation sites excluding steroid dienone is 1. The molecule has 44 heavy (non-hydrogen) atoms. The minimum Gasteiger partial charge on any atom is -0.463 e. The van der Waals surface area contributed by atoms with Crippen LogP contribution in [0.15, 0.2) is 42.0 Å². The maximum atomic E-state index is 13.6. The lowest BCUT2D eigenvalue weighted by Crippen LogP contribution is -2.60. The quantitative estimate of drug-likeness (QED) is 0.220. The Balaban J connectivity index is 1.24. The van der Waals surface area contributed by atoms with Crippen LogP contribution in [0.2, 0.25) is 0 Å². The molecule has 3 unspecified atom stereocenters. The van der Waals surface area contributed by atoms with Gasteiger partial charge in [-0.05, 0) is 118 Å². The van der Waals surface area contributed by atoms with E-state index in [-0.39, 0.29) is 28.9 Å². The Bertz CT molecular complexity index is 1220. The topological polar surface area (TPSA) is 71.1 Å². The predicted molar refractivity (Wildman–Crippen MR) is 170 cm³/mol. The van der Waals surface area contributed by atoms with Crippen LogP contribution in [0.3, 0.4) is 0 Å². The van der Waals surface area contributed by atoms with E-state index in [1.165, 1.54) is 25.7 Å². The van der Waals surface area contributed by atoms with Crippen molar-refractivity contribution in [1.29, 1.82) is 0 Å². The van der Waals surface area contributed by atoms with E-state index < -0.39 is 5.79 Å². The van der Waals surface area contributed by atoms with Gasteiger partial charge in [-0.15, -0.1) is 0 Å². The molecule has 1 spiro atoms. The van der Waals surface area contributed by atoms with Crippen molar-refractivity contribution >= 4 is 11.9 Å². The summed E-state index contributed by atoms with van der Waals surface area (Å²) in [7, 11) is 0. The number of esters is 2. The Kier molecular flexibility index (Phi) is 9.07. The third-order valence-electron chi connectivity index (χ3n) is 13.2. The van der Waals surface area contributed by atoms with Crippen molar-refractivity contribution in [2.75, 3.05) is 19.8 Å². The normalized spacial score (nSPS) is 38.3. The smallest absolute Gasteiger partial charge is 0.338 e. The van der Waals surface area contributed by atoms with Gasteiger partial charge in [0.2, 0.25) is 0 Å². The summed E-state index contributed by atoms with van der Waals surface area (Å²) < 4.78 is 24.3. The van der Waals surface area contributed by atoms with Crippen LogP contribution in [0.4, 0.5) is 0 Å². The molecule has 1 aromatic rings. The van der Waals surface area contributed by atoms with Gasteiger partial charge < -0.3 is 18.9 Å². The summed E-state index contributed by atoms with van der Waals surface area (Å²) in [6.07, 6.45) is 12.7. The van der Waals surface area contributed by atoms with Crippen LogP contribution in [-0.2, 0) is 23.7 Å². The molecular weight excluding hydrogens is 552 g/mol. The molecule has 0 N–H and O–H groups in total. The van der Waals surface area contributed by atoms with Crippen LogP contribution in [0.25, 0.3) is 0 Å². The number of hydrogen-bond acceptors (Lipinski definition) is 6. The predicted octanol–water partition coefficient (Wildman–Crippen LogP) is 8.15. The highest BCUT2D eigenvalue weighted by Crippen LogP contribution is 2.69. The molecule has 5 aliphatic rings. The number of rotatable bonds is 8. The molecule has 4 saturated carbocycles.